The highest BCUT2D eigenvalue weighted by atomic mass is 32.1. The number of nitrogens with zero attached hydrogens (tertiary/aromatic N) is 1. The fourth-order valence-electron chi connectivity index (χ4n) is 1.13. The van der Waals surface area contributed by atoms with Gasteiger partial charge < -0.3 is 10.4 Å². The van der Waals surface area contributed by atoms with Gasteiger partial charge in [0.1, 0.15) is 0 Å². The quantitative estimate of drug-likeness (QED) is 0.729. The number of hydrogen-bond acceptors (Lipinski definition) is 4. The van der Waals surface area contributed by atoms with Crippen molar-refractivity contribution >= 4 is 11.3 Å². The second-order valence-corrected chi connectivity index (χ2v) is 4.01. The number of hydrogen-bond donors (Lipinski definition) is 2. The first kappa shape index (κ1) is 10.6. The van der Waals surface area contributed by atoms with Crippen molar-refractivity contribution in [3.63, 3.8) is 0 Å². The maximum atomic E-state index is 9.40. The second-order valence-electron chi connectivity index (χ2n) is 3.04. The van der Waals surface area contributed by atoms with Gasteiger partial charge in [0.15, 0.2) is 0 Å². The van der Waals surface area contributed by atoms with Gasteiger partial charge in [-0.15, -0.1) is 11.3 Å². The minimum atomic E-state index is -0.210. The highest BCUT2D eigenvalue weighted by Crippen LogP contribution is 2.04. The molecule has 1 rings (SSSR count). The van der Waals surface area contributed by atoms with Gasteiger partial charge in [0, 0.05) is 24.2 Å². The van der Waals surface area contributed by atoms with Gasteiger partial charge in [0.05, 0.1) is 11.6 Å². The molecule has 0 aliphatic carbocycles. The van der Waals surface area contributed by atoms with Crippen LogP contribution < -0.4 is 5.32 Å². The molecule has 0 aliphatic heterocycles. The molecule has 0 aliphatic rings. The van der Waals surface area contributed by atoms with Crippen LogP contribution in [-0.4, -0.2) is 22.7 Å². The summed E-state index contributed by atoms with van der Waals surface area (Å²) in [5, 5.41) is 12.6. The van der Waals surface area contributed by atoms with E-state index in [2.05, 4.69) is 17.2 Å². The molecule has 1 aromatic rings. The van der Waals surface area contributed by atoms with Crippen molar-refractivity contribution < 1.29 is 5.11 Å². The molecule has 0 aromatic carbocycles. The van der Waals surface area contributed by atoms with Crippen molar-refractivity contribution in [3.8, 4) is 0 Å². The Kier molecular flexibility index (Phi) is 4.97. The van der Waals surface area contributed by atoms with E-state index in [0.29, 0.717) is 6.54 Å². The van der Waals surface area contributed by atoms with Gasteiger partial charge in [-0.2, -0.15) is 0 Å². The van der Waals surface area contributed by atoms with E-state index in [1.54, 1.807) is 11.3 Å². The predicted octanol–water partition coefficient (Wildman–Crippen LogP) is 1.39. The lowest BCUT2D eigenvalue weighted by Gasteiger charge is -2.09. The molecule has 1 unspecified atom stereocenters. The Hall–Kier alpha value is -0.450. The van der Waals surface area contributed by atoms with E-state index < -0.39 is 0 Å². The summed E-state index contributed by atoms with van der Waals surface area (Å²) in [4.78, 5) is 5.18. The van der Waals surface area contributed by atoms with Crippen molar-refractivity contribution in [1.82, 2.24) is 10.3 Å². The van der Waals surface area contributed by atoms with Gasteiger partial charge >= 0.3 is 0 Å². The van der Waals surface area contributed by atoms with E-state index in [9.17, 15) is 5.11 Å². The van der Waals surface area contributed by atoms with Gasteiger partial charge in [-0.3, -0.25) is 4.98 Å². The number of thiazole rings is 1. The van der Waals surface area contributed by atoms with Crippen LogP contribution in [0.2, 0.25) is 0 Å². The van der Waals surface area contributed by atoms with Crippen molar-refractivity contribution in [2.75, 3.05) is 6.54 Å². The Bertz CT molecular complexity index is 213. The average Bonchev–Trinajstić information content (AvgIpc) is 2.57. The van der Waals surface area contributed by atoms with Crippen LogP contribution in [0.5, 0.6) is 0 Å². The van der Waals surface area contributed by atoms with Crippen LogP contribution in [0.25, 0.3) is 0 Å². The first-order valence-corrected chi connectivity index (χ1v) is 5.47. The SMILES string of the molecule is CCCC(O)CNCc1cncs1. The molecule has 2 N–H and O–H groups in total. The molecule has 1 atom stereocenters. The molecule has 0 fully saturated rings. The number of aromatic nitrogens is 1. The van der Waals surface area contributed by atoms with E-state index in [0.717, 1.165) is 19.4 Å². The fraction of sp³-hybridized carbons (Fsp3) is 0.667. The summed E-state index contributed by atoms with van der Waals surface area (Å²) >= 11 is 1.63. The molecule has 4 heteroatoms. The fourth-order valence-corrected chi connectivity index (χ4v) is 1.69. The Balaban J connectivity index is 2.07. The summed E-state index contributed by atoms with van der Waals surface area (Å²) in [6.07, 6.45) is 3.54. The minimum Gasteiger partial charge on any atom is -0.392 e. The van der Waals surface area contributed by atoms with Crippen LogP contribution in [0.1, 0.15) is 24.6 Å². The number of nitrogens with one attached hydrogen (secondary N) is 1. The molecule has 0 bridgehead atoms. The molecule has 0 amide bonds. The van der Waals surface area contributed by atoms with Crippen molar-refractivity contribution in [1.29, 1.82) is 0 Å². The standard InChI is InChI=1S/C9H16N2OS/c1-2-3-8(12)4-10-5-9-6-11-7-13-9/h6-8,10,12H,2-5H2,1H3. The van der Waals surface area contributed by atoms with Gasteiger partial charge in [-0.05, 0) is 6.42 Å². The summed E-state index contributed by atoms with van der Waals surface area (Å²) in [7, 11) is 0. The lowest BCUT2D eigenvalue weighted by atomic mass is 10.2. The summed E-state index contributed by atoms with van der Waals surface area (Å²) < 4.78 is 0. The summed E-state index contributed by atoms with van der Waals surface area (Å²) in [5.74, 6) is 0. The second kappa shape index (κ2) is 6.07. The van der Waals surface area contributed by atoms with Gasteiger partial charge in [0.25, 0.3) is 0 Å². The largest absolute Gasteiger partial charge is 0.392 e. The molecule has 0 saturated heterocycles. The summed E-state index contributed by atoms with van der Waals surface area (Å²) in [6, 6.07) is 0. The van der Waals surface area contributed by atoms with Crippen molar-refractivity contribution in [2.24, 2.45) is 0 Å². The topological polar surface area (TPSA) is 45.1 Å². The Labute approximate surface area is 82.8 Å². The third-order valence-corrected chi connectivity index (χ3v) is 2.56. The lowest BCUT2D eigenvalue weighted by Crippen LogP contribution is -2.25. The third kappa shape index (κ3) is 4.36. The van der Waals surface area contributed by atoms with Gasteiger partial charge in [-0.25, -0.2) is 0 Å². The van der Waals surface area contributed by atoms with E-state index in [4.69, 9.17) is 0 Å². The van der Waals surface area contributed by atoms with Crippen LogP contribution in [0, 0.1) is 0 Å². The Morgan fingerprint density at radius 2 is 2.54 bits per heavy atom. The van der Waals surface area contributed by atoms with Crippen molar-refractivity contribution in [3.05, 3.63) is 16.6 Å². The maximum absolute atomic E-state index is 9.40. The van der Waals surface area contributed by atoms with E-state index in [1.165, 1.54) is 4.88 Å². The number of aliphatic hydroxyl groups is 1. The zero-order valence-corrected chi connectivity index (χ0v) is 8.68. The molecule has 74 valence electrons. The molecular formula is C9H16N2OS. The smallest absolute Gasteiger partial charge is 0.0794 e. The van der Waals surface area contributed by atoms with E-state index in [-0.39, 0.29) is 6.10 Å². The van der Waals surface area contributed by atoms with Crippen molar-refractivity contribution in [2.45, 2.75) is 32.4 Å². The van der Waals surface area contributed by atoms with Crippen LogP contribution in [0.3, 0.4) is 0 Å². The third-order valence-electron chi connectivity index (χ3n) is 1.78. The van der Waals surface area contributed by atoms with Gasteiger partial charge in [-0.1, -0.05) is 13.3 Å². The Morgan fingerprint density at radius 3 is 3.15 bits per heavy atom. The van der Waals surface area contributed by atoms with E-state index >= 15 is 0 Å². The number of rotatable bonds is 6. The van der Waals surface area contributed by atoms with Gasteiger partial charge in [0.2, 0.25) is 0 Å². The molecule has 0 radical (unpaired) electrons. The first-order valence-electron chi connectivity index (χ1n) is 4.59. The average molecular weight is 200 g/mol. The number of aliphatic hydroxyl groups excluding tert-OH is 1. The minimum absolute atomic E-state index is 0.210. The highest BCUT2D eigenvalue weighted by Gasteiger charge is 2.01. The molecule has 1 heterocycles. The van der Waals surface area contributed by atoms with Crippen LogP contribution in [0.4, 0.5) is 0 Å². The molecular weight excluding hydrogens is 184 g/mol. The zero-order valence-electron chi connectivity index (χ0n) is 7.86. The monoisotopic (exact) mass is 200 g/mol. The summed E-state index contributed by atoms with van der Waals surface area (Å²) in [5.41, 5.74) is 1.82. The molecule has 1 aromatic heterocycles. The van der Waals surface area contributed by atoms with Crippen LogP contribution in [0.15, 0.2) is 11.7 Å². The zero-order chi connectivity index (χ0) is 9.52. The lowest BCUT2D eigenvalue weighted by molar-refractivity contribution is 0.160. The highest BCUT2D eigenvalue weighted by molar-refractivity contribution is 7.09. The molecule has 0 saturated carbocycles. The Morgan fingerprint density at radius 1 is 1.69 bits per heavy atom. The normalized spacial score (nSPS) is 13.1. The maximum Gasteiger partial charge on any atom is 0.0794 e. The van der Waals surface area contributed by atoms with E-state index in [1.807, 2.05) is 11.7 Å². The first-order chi connectivity index (χ1) is 6.33. The molecule has 0 spiro atoms. The summed E-state index contributed by atoms with van der Waals surface area (Å²) in [6.45, 7) is 3.56. The molecule has 3 nitrogen and oxygen atoms in total. The van der Waals surface area contributed by atoms with Crippen LogP contribution in [-0.2, 0) is 6.54 Å². The van der Waals surface area contributed by atoms with Crippen LogP contribution >= 0.6 is 11.3 Å². The predicted molar refractivity (Wildman–Crippen MR) is 54.7 cm³/mol. The molecule has 13 heavy (non-hydrogen) atoms.